The summed E-state index contributed by atoms with van der Waals surface area (Å²) in [6.07, 6.45) is 4.76. The molecule has 1 nitrogen and oxygen atoms in total. The first-order valence-electron chi connectivity index (χ1n) is 5.18. The van der Waals surface area contributed by atoms with Crippen LogP contribution in [0.5, 0.6) is 0 Å². The molecule has 1 aliphatic carbocycles. The van der Waals surface area contributed by atoms with E-state index in [4.69, 9.17) is 5.73 Å². The van der Waals surface area contributed by atoms with Crippen LogP contribution < -0.4 is 5.73 Å². The minimum atomic E-state index is -0.0785. The van der Waals surface area contributed by atoms with E-state index in [-0.39, 0.29) is 5.54 Å². The van der Waals surface area contributed by atoms with E-state index in [2.05, 4.69) is 41.1 Å². The van der Waals surface area contributed by atoms with Gasteiger partial charge in [0.15, 0.2) is 0 Å². The van der Waals surface area contributed by atoms with Gasteiger partial charge < -0.3 is 5.73 Å². The smallest absolute Gasteiger partial charge is 0.0421 e. The van der Waals surface area contributed by atoms with Gasteiger partial charge in [0.05, 0.1) is 0 Å². The Kier molecular flexibility index (Phi) is 2.67. The first-order chi connectivity index (χ1) is 6.63. The highest BCUT2D eigenvalue weighted by molar-refractivity contribution is 9.10. The zero-order chi connectivity index (χ0) is 10.2. The van der Waals surface area contributed by atoms with E-state index in [1.807, 2.05) is 0 Å². The minimum Gasteiger partial charge on any atom is -0.321 e. The second-order valence-electron chi connectivity index (χ2n) is 4.30. The van der Waals surface area contributed by atoms with Gasteiger partial charge in [-0.25, -0.2) is 0 Å². The van der Waals surface area contributed by atoms with Crippen LogP contribution in [0.1, 0.15) is 36.8 Å². The lowest BCUT2D eigenvalue weighted by molar-refractivity contribution is 0.459. The third kappa shape index (κ3) is 1.61. The first kappa shape index (κ1) is 10.2. The van der Waals surface area contributed by atoms with Crippen LogP contribution in [0.4, 0.5) is 0 Å². The van der Waals surface area contributed by atoms with E-state index in [1.54, 1.807) is 0 Å². The van der Waals surface area contributed by atoms with Crippen molar-refractivity contribution in [3.63, 3.8) is 0 Å². The van der Waals surface area contributed by atoms with Crippen molar-refractivity contribution < 1.29 is 0 Å². The van der Waals surface area contributed by atoms with E-state index in [0.29, 0.717) is 0 Å². The second kappa shape index (κ2) is 3.67. The lowest BCUT2D eigenvalue weighted by Gasteiger charge is -2.26. The normalized spacial score (nSPS) is 19.9. The van der Waals surface area contributed by atoms with E-state index >= 15 is 0 Å². The van der Waals surface area contributed by atoms with Gasteiger partial charge in [-0.05, 0) is 30.9 Å². The molecule has 0 unspecified atom stereocenters. The summed E-state index contributed by atoms with van der Waals surface area (Å²) >= 11 is 3.65. The van der Waals surface area contributed by atoms with Crippen molar-refractivity contribution in [2.75, 3.05) is 0 Å². The quantitative estimate of drug-likeness (QED) is 0.815. The van der Waals surface area contributed by atoms with E-state index < -0.39 is 0 Å². The number of halogens is 1. The van der Waals surface area contributed by atoms with E-state index in [1.165, 1.54) is 28.4 Å². The maximum Gasteiger partial charge on any atom is 0.0421 e. The highest BCUT2D eigenvalue weighted by Crippen LogP contribution is 2.40. The number of hydrogen-bond donors (Lipinski definition) is 1. The summed E-state index contributed by atoms with van der Waals surface area (Å²) in [6.45, 7) is 2.12. The molecule has 2 N–H and O–H groups in total. The molecule has 1 aromatic rings. The van der Waals surface area contributed by atoms with Gasteiger partial charge in [-0.15, -0.1) is 0 Å². The van der Waals surface area contributed by atoms with Gasteiger partial charge in [-0.2, -0.15) is 0 Å². The van der Waals surface area contributed by atoms with Crippen molar-refractivity contribution in [3.8, 4) is 0 Å². The lowest BCUT2D eigenvalue weighted by atomic mass is 9.88. The molecule has 0 spiro atoms. The van der Waals surface area contributed by atoms with Crippen LogP contribution in [0, 0.1) is 6.92 Å². The monoisotopic (exact) mass is 253 g/mol. The van der Waals surface area contributed by atoms with E-state index in [0.717, 1.165) is 12.8 Å². The van der Waals surface area contributed by atoms with Gasteiger partial charge >= 0.3 is 0 Å². The second-order valence-corrected chi connectivity index (χ2v) is 5.09. The van der Waals surface area contributed by atoms with Crippen molar-refractivity contribution in [1.82, 2.24) is 0 Å². The van der Waals surface area contributed by atoms with Crippen molar-refractivity contribution in [3.05, 3.63) is 33.8 Å². The molecular formula is C12H16BrN. The molecule has 0 amide bonds. The molecule has 1 aromatic carbocycles. The molecular weight excluding hydrogens is 238 g/mol. The number of benzene rings is 1. The average Bonchev–Trinajstić information content (AvgIpc) is 2.58. The zero-order valence-corrected chi connectivity index (χ0v) is 10.1. The largest absolute Gasteiger partial charge is 0.321 e. The maximum absolute atomic E-state index is 6.42. The molecule has 76 valence electrons. The maximum atomic E-state index is 6.42. The molecule has 0 heterocycles. The summed E-state index contributed by atoms with van der Waals surface area (Å²) < 4.78 is 1.20. The molecule has 2 rings (SSSR count). The van der Waals surface area contributed by atoms with Crippen LogP contribution in [-0.4, -0.2) is 0 Å². The van der Waals surface area contributed by atoms with Gasteiger partial charge in [-0.1, -0.05) is 47.0 Å². The molecule has 0 atom stereocenters. The fraction of sp³-hybridized carbons (Fsp3) is 0.500. The third-order valence-electron chi connectivity index (χ3n) is 3.22. The van der Waals surface area contributed by atoms with E-state index in [9.17, 15) is 0 Å². The Morgan fingerprint density at radius 2 is 1.93 bits per heavy atom. The molecule has 0 aliphatic heterocycles. The summed E-state index contributed by atoms with van der Waals surface area (Å²) in [7, 11) is 0. The van der Waals surface area contributed by atoms with Gasteiger partial charge in [0.2, 0.25) is 0 Å². The molecule has 0 radical (unpaired) electrons. The molecule has 14 heavy (non-hydrogen) atoms. The van der Waals surface area contributed by atoms with Crippen LogP contribution >= 0.6 is 15.9 Å². The van der Waals surface area contributed by atoms with Crippen LogP contribution in [0.25, 0.3) is 0 Å². The summed E-state index contributed by atoms with van der Waals surface area (Å²) in [4.78, 5) is 0. The SMILES string of the molecule is Cc1cccc(C2(N)CCCC2)c1Br. The molecule has 0 saturated heterocycles. The fourth-order valence-corrected chi connectivity index (χ4v) is 2.97. The highest BCUT2D eigenvalue weighted by Gasteiger charge is 2.32. The van der Waals surface area contributed by atoms with Crippen molar-refractivity contribution in [2.45, 2.75) is 38.1 Å². The lowest BCUT2D eigenvalue weighted by Crippen LogP contribution is -2.33. The first-order valence-corrected chi connectivity index (χ1v) is 5.97. The molecule has 0 bridgehead atoms. The highest BCUT2D eigenvalue weighted by atomic mass is 79.9. The van der Waals surface area contributed by atoms with Crippen LogP contribution in [-0.2, 0) is 5.54 Å². The molecule has 1 aliphatic rings. The summed E-state index contributed by atoms with van der Waals surface area (Å²) in [6, 6.07) is 6.37. The Morgan fingerprint density at radius 3 is 2.57 bits per heavy atom. The number of aryl methyl sites for hydroxylation is 1. The Morgan fingerprint density at radius 1 is 1.29 bits per heavy atom. The van der Waals surface area contributed by atoms with Crippen molar-refractivity contribution in [1.29, 1.82) is 0 Å². The fourth-order valence-electron chi connectivity index (χ4n) is 2.31. The molecule has 1 fully saturated rings. The minimum absolute atomic E-state index is 0.0785. The average molecular weight is 254 g/mol. The summed E-state index contributed by atoms with van der Waals surface area (Å²) in [5.74, 6) is 0. The van der Waals surface area contributed by atoms with Gasteiger partial charge in [0.25, 0.3) is 0 Å². The topological polar surface area (TPSA) is 26.0 Å². The molecule has 0 aromatic heterocycles. The zero-order valence-electron chi connectivity index (χ0n) is 8.52. The standard InChI is InChI=1S/C12H16BrN/c1-9-5-4-6-10(11(9)13)12(14)7-2-3-8-12/h4-6H,2-3,7-8,14H2,1H3. The Bertz CT molecular complexity index is 340. The predicted octanol–water partition coefficient (Wildman–Crippen LogP) is 3.49. The van der Waals surface area contributed by atoms with Crippen LogP contribution in [0.2, 0.25) is 0 Å². The van der Waals surface area contributed by atoms with Gasteiger partial charge in [-0.3, -0.25) is 0 Å². The van der Waals surface area contributed by atoms with Gasteiger partial charge in [0, 0.05) is 10.0 Å². The number of rotatable bonds is 1. The Balaban J connectivity index is 2.45. The molecule has 1 saturated carbocycles. The molecule has 2 heteroatoms. The van der Waals surface area contributed by atoms with Gasteiger partial charge in [0.1, 0.15) is 0 Å². The third-order valence-corrected chi connectivity index (χ3v) is 4.28. The summed E-state index contributed by atoms with van der Waals surface area (Å²) in [5.41, 5.74) is 8.91. The van der Waals surface area contributed by atoms with Crippen molar-refractivity contribution in [2.24, 2.45) is 5.73 Å². The Hall–Kier alpha value is -0.340. The van der Waals surface area contributed by atoms with Crippen LogP contribution in [0.15, 0.2) is 22.7 Å². The van der Waals surface area contributed by atoms with Crippen LogP contribution in [0.3, 0.4) is 0 Å². The van der Waals surface area contributed by atoms with Crippen molar-refractivity contribution >= 4 is 15.9 Å². The Labute approximate surface area is 93.8 Å². The summed E-state index contributed by atoms with van der Waals surface area (Å²) in [5, 5.41) is 0. The predicted molar refractivity (Wildman–Crippen MR) is 63.2 cm³/mol. The number of hydrogen-bond acceptors (Lipinski definition) is 1. The number of nitrogens with two attached hydrogens (primary N) is 1.